The monoisotopic (exact) mass is 440 g/mol. The number of thiophene rings is 1. The van der Waals surface area contributed by atoms with Gasteiger partial charge in [-0.2, -0.15) is 0 Å². The van der Waals surface area contributed by atoms with Gasteiger partial charge in [0.25, 0.3) is 0 Å². The molecule has 30 heavy (non-hydrogen) atoms. The highest BCUT2D eigenvalue weighted by atomic mass is 35.5. The predicted molar refractivity (Wildman–Crippen MR) is 128 cm³/mol. The first-order chi connectivity index (χ1) is 14.2. The molecule has 2 aromatic carbocycles. The number of hydrogen-bond acceptors (Lipinski definition) is 6. The molecular formula is C23H25ClN4OS. The van der Waals surface area contributed by atoms with Crippen molar-refractivity contribution < 1.29 is 5.11 Å². The molecule has 2 N–H and O–H groups in total. The fourth-order valence-corrected chi connectivity index (χ4v) is 4.35. The lowest BCUT2D eigenvalue weighted by molar-refractivity contribution is 0.296. The molecule has 0 fully saturated rings. The van der Waals surface area contributed by atoms with Crippen LogP contribution in [0.25, 0.3) is 20.7 Å². The zero-order chi connectivity index (χ0) is 20.2. The van der Waals surface area contributed by atoms with E-state index in [1.54, 1.807) is 35.9 Å². The van der Waals surface area contributed by atoms with E-state index in [0.717, 1.165) is 46.2 Å². The molecule has 0 bridgehead atoms. The molecule has 2 aromatic heterocycles. The molecule has 0 spiro atoms. The van der Waals surface area contributed by atoms with Gasteiger partial charge in [0.05, 0.1) is 10.2 Å². The minimum absolute atomic E-state index is 0. The van der Waals surface area contributed by atoms with Gasteiger partial charge in [0.2, 0.25) is 0 Å². The highest BCUT2D eigenvalue weighted by Crippen LogP contribution is 2.36. The van der Waals surface area contributed by atoms with Crippen LogP contribution in [0.1, 0.15) is 19.4 Å². The summed E-state index contributed by atoms with van der Waals surface area (Å²) in [5, 5.41) is 13.0. The summed E-state index contributed by atoms with van der Waals surface area (Å²) >= 11 is 1.67. The van der Waals surface area contributed by atoms with Gasteiger partial charge < -0.3 is 10.4 Å². The SMILES string of the molecule is CCN(CC)Cc1ccc(-c2cc3ncnc(Nc4cccc(O)c4)c3s2)cc1.Cl. The molecule has 4 rings (SSSR count). The molecule has 0 aliphatic rings. The number of nitrogens with one attached hydrogen (secondary N) is 1. The van der Waals surface area contributed by atoms with E-state index in [1.807, 2.05) is 6.07 Å². The number of hydrogen-bond donors (Lipinski definition) is 2. The van der Waals surface area contributed by atoms with Gasteiger partial charge in [-0.1, -0.05) is 44.2 Å². The lowest BCUT2D eigenvalue weighted by atomic mass is 10.1. The summed E-state index contributed by atoms with van der Waals surface area (Å²) < 4.78 is 0.998. The van der Waals surface area contributed by atoms with Gasteiger partial charge in [0.1, 0.15) is 12.1 Å². The fraction of sp³-hybridized carbons (Fsp3) is 0.217. The zero-order valence-electron chi connectivity index (χ0n) is 17.0. The third kappa shape index (κ3) is 4.90. The molecule has 0 saturated heterocycles. The van der Waals surface area contributed by atoms with Gasteiger partial charge >= 0.3 is 0 Å². The number of nitrogens with zero attached hydrogens (tertiary/aromatic N) is 3. The Morgan fingerprint density at radius 1 is 1.00 bits per heavy atom. The lowest BCUT2D eigenvalue weighted by Gasteiger charge is -2.17. The second-order valence-electron chi connectivity index (χ2n) is 6.88. The maximum atomic E-state index is 9.69. The van der Waals surface area contributed by atoms with E-state index < -0.39 is 0 Å². The summed E-state index contributed by atoms with van der Waals surface area (Å²) in [4.78, 5) is 12.4. The second-order valence-corrected chi connectivity index (χ2v) is 7.93. The smallest absolute Gasteiger partial charge is 0.151 e. The maximum absolute atomic E-state index is 9.69. The standard InChI is InChI=1S/C23H24N4OS.ClH/c1-3-27(4-2)14-16-8-10-17(11-9-16)21-13-20-22(29-21)23(25-15-24-20)26-18-6-5-7-19(28)12-18;/h5-13,15,28H,3-4,14H2,1-2H3,(H,24,25,26);1H. The zero-order valence-corrected chi connectivity index (χ0v) is 18.6. The molecule has 0 aliphatic carbocycles. The van der Waals surface area contributed by atoms with Crippen molar-refractivity contribution in [3.05, 3.63) is 66.5 Å². The number of aromatic nitrogens is 2. The molecule has 0 saturated carbocycles. The molecule has 2 heterocycles. The first-order valence-electron chi connectivity index (χ1n) is 9.78. The van der Waals surface area contributed by atoms with Gasteiger partial charge in [-0.05, 0) is 42.4 Å². The Bertz CT molecular complexity index is 1110. The summed E-state index contributed by atoms with van der Waals surface area (Å²) in [6.07, 6.45) is 1.57. The molecule has 0 atom stereocenters. The first-order valence-corrected chi connectivity index (χ1v) is 10.6. The third-order valence-corrected chi connectivity index (χ3v) is 6.14. The highest BCUT2D eigenvalue weighted by Gasteiger charge is 2.11. The average molecular weight is 441 g/mol. The van der Waals surface area contributed by atoms with Crippen LogP contribution in [0.4, 0.5) is 11.5 Å². The minimum Gasteiger partial charge on any atom is -0.508 e. The van der Waals surface area contributed by atoms with Crippen LogP contribution in [0.15, 0.2) is 60.9 Å². The second kappa shape index (κ2) is 9.89. The summed E-state index contributed by atoms with van der Waals surface area (Å²) in [6, 6.07) is 17.9. The van der Waals surface area contributed by atoms with Crippen LogP contribution < -0.4 is 5.32 Å². The van der Waals surface area contributed by atoms with E-state index in [9.17, 15) is 5.11 Å². The Hall–Kier alpha value is -2.67. The van der Waals surface area contributed by atoms with Crippen LogP contribution in [0.2, 0.25) is 0 Å². The number of phenols is 1. The predicted octanol–water partition coefficient (Wildman–Crippen LogP) is 6.07. The molecule has 156 valence electrons. The highest BCUT2D eigenvalue weighted by molar-refractivity contribution is 7.22. The van der Waals surface area contributed by atoms with Crippen LogP contribution in [-0.4, -0.2) is 33.1 Å². The van der Waals surface area contributed by atoms with Gasteiger partial charge in [-0.25, -0.2) is 9.97 Å². The summed E-state index contributed by atoms with van der Waals surface area (Å²) in [7, 11) is 0. The number of anilines is 2. The van der Waals surface area contributed by atoms with Crippen LogP contribution in [0.3, 0.4) is 0 Å². The topological polar surface area (TPSA) is 61.3 Å². The van der Waals surface area contributed by atoms with Crippen molar-refractivity contribution in [2.24, 2.45) is 0 Å². The van der Waals surface area contributed by atoms with Crippen molar-refractivity contribution >= 4 is 45.5 Å². The Morgan fingerprint density at radius 2 is 1.77 bits per heavy atom. The van der Waals surface area contributed by atoms with Crippen LogP contribution in [0.5, 0.6) is 5.75 Å². The van der Waals surface area contributed by atoms with Crippen LogP contribution >= 0.6 is 23.7 Å². The molecule has 4 aromatic rings. The molecule has 5 nitrogen and oxygen atoms in total. The average Bonchev–Trinajstić information content (AvgIpc) is 3.18. The van der Waals surface area contributed by atoms with E-state index in [-0.39, 0.29) is 18.2 Å². The number of aromatic hydroxyl groups is 1. The summed E-state index contributed by atoms with van der Waals surface area (Å²) in [5.74, 6) is 0.965. The number of benzene rings is 2. The van der Waals surface area contributed by atoms with Crippen LogP contribution in [0, 0.1) is 0 Å². The van der Waals surface area contributed by atoms with Crippen LogP contribution in [-0.2, 0) is 6.54 Å². The van der Waals surface area contributed by atoms with Crippen molar-refractivity contribution in [2.75, 3.05) is 18.4 Å². The summed E-state index contributed by atoms with van der Waals surface area (Å²) in [5.41, 5.74) is 4.21. The van der Waals surface area contributed by atoms with Gasteiger partial charge in [-0.15, -0.1) is 23.7 Å². The fourth-order valence-electron chi connectivity index (χ4n) is 3.29. The van der Waals surface area contributed by atoms with E-state index in [1.165, 1.54) is 11.1 Å². The van der Waals surface area contributed by atoms with E-state index in [4.69, 9.17) is 0 Å². The Morgan fingerprint density at radius 3 is 2.47 bits per heavy atom. The van der Waals surface area contributed by atoms with Crippen molar-refractivity contribution in [3.8, 4) is 16.2 Å². The minimum atomic E-state index is 0. The molecule has 7 heteroatoms. The third-order valence-electron chi connectivity index (χ3n) is 4.96. The van der Waals surface area contributed by atoms with Gasteiger partial charge in [0, 0.05) is 23.2 Å². The molecule has 0 unspecified atom stereocenters. The van der Waals surface area contributed by atoms with Crippen molar-refractivity contribution in [2.45, 2.75) is 20.4 Å². The number of phenolic OH excluding ortho intramolecular Hbond substituents is 1. The molecule has 0 aliphatic heterocycles. The lowest BCUT2D eigenvalue weighted by Crippen LogP contribution is -2.21. The Kier molecular flexibility index (Phi) is 7.26. The number of halogens is 1. The number of rotatable bonds is 7. The van der Waals surface area contributed by atoms with E-state index in [0.29, 0.717) is 0 Å². The molecule has 0 radical (unpaired) electrons. The van der Waals surface area contributed by atoms with Gasteiger partial charge in [-0.3, -0.25) is 4.90 Å². The first kappa shape index (κ1) is 22.0. The van der Waals surface area contributed by atoms with E-state index in [2.05, 4.69) is 64.4 Å². The largest absolute Gasteiger partial charge is 0.508 e. The Balaban J connectivity index is 0.00000256. The molecule has 0 amide bonds. The maximum Gasteiger partial charge on any atom is 0.151 e. The normalized spacial score (nSPS) is 10.9. The van der Waals surface area contributed by atoms with Crippen molar-refractivity contribution in [1.29, 1.82) is 0 Å². The summed E-state index contributed by atoms with van der Waals surface area (Å²) in [6.45, 7) is 7.48. The van der Waals surface area contributed by atoms with Crippen molar-refractivity contribution in [3.63, 3.8) is 0 Å². The molecular weight excluding hydrogens is 416 g/mol. The van der Waals surface area contributed by atoms with E-state index >= 15 is 0 Å². The Labute approximate surface area is 186 Å². The number of fused-ring (bicyclic) bond motifs is 1. The quantitative estimate of drug-likeness (QED) is 0.365. The van der Waals surface area contributed by atoms with Gasteiger partial charge in [0.15, 0.2) is 5.82 Å². The van der Waals surface area contributed by atoms with Crippen molar-refractivity contribution in [1.82, 2.24) is 14.9 Å².